The Labute approximate surface area is 225 Å². The van der Waals surface area contributed by atoms with Crippen LogP contribution in [0.5, 0.6) is 11.5 Å². The number of nitrogens with two attached hydrogens (primary N) is 1. The van der Waals surface area contributed by atoms with Gasteiger partial charge in [-0.3, -0.25) is 14.4 Å². The second-order valence-corrected chi connectivity index (χ2v) is 9.81. The molecule has 0 fully saturated rings. The highest BCUT2D eigenvalue weighted by Crippen LogP contribution is 2.13. The van der Waals surface area contributed by atoms with Crippen molar-refractivity contribution in [2.75, 3.05) is 12.0 Å². The summed E-state index contributed by atoms with van der Waals surface area (Å²) < 4.78 is 0. The molecule has 0 aromatic heterocycles. The maximum atomic E-state index is 13.1. The zero-order valence-corrected chi connectivity index (χ0v) is 22.0. The van der Waals surface area contributed by atoms with Crippen LogP contribution in [-0.2, 0) is 32.0 Å². The van der Waals surface area contributed by atoms with Gasteiger partial charge in [-0.1, -0.05) is 24.3 Å². The number of hydrogen-bond acceptors (Lipinski definition) is 8. The van der Waals surface area contributed by atoms with E-state index in [4.69, 9.17) is 5.73 Å². The molecule has 2 aromatic rings. The Morgan fingerprint density at radius 1 is 0.789 bits per heavy atom. The van der Waals surface area contributed by atoms with Crippen LogP contribution >= 0.6 is 11.8 Å². The molecule has 0 spiro atoms. The third kappa shape index (κ3) is 9.94. The molecular weight excluding hydrogens is 512 g/mol. The predicted octanol–water partition coefficient (Wildman–Crippen LogP) is 0.522. The number of carboxylic acids is 1. The van der Waals surface area contributed by atoms with E-state index < -0.39 is 47.9 Å². The lowest BCUT2D eigenvalue weighted by Crippen LogP contribution is -2.57. The van der Waals surface area contributed by atoms with E-state index in [1.807, 2.05) is 6.26 Å². The molecule has 0 aliphatic carbocycles. The third-order valence-corrected chi connectivity index (χ3v) is 6.36. The van der Waals surface area contributed by atoms with Gasteiger partial charge in [-0.25, -0.2) is 4.79 Å². The van der Waals surface area contributed by atoms with Crippen molar-refractivity contribution in [3.05, 3.63) is 59.7 Å². The number of rotatable bonds is 14. The van der Waals surface area contributed by atoms with Crippen molar-refractivity contribution in [3.8, 4) is 11.5 Å². The SMILES string of the molecule is CSCCC(NC(=O)C(C)NC(=O)C(Cc1ccc(O)cc1)NC(=O)C(N)Cc1ccc(O)cc1)C(=O)O. The minimum atomic E-state index is -1.17. The van der Waals surface area contributed by atoms with Gasteiger partial charge in [0.2, 0.25) is 17.7 Å². The van der Waals surface area contributed by atoms with Crippen LogP contribution in [0.2, 0.25) is 0 Å². The van der Waals surface area contributed by atoms with Gasteiger partial charge >= 0.3 is 5.97 Å². The fourth-order valence-electron chi connectivity index (χ4n) is 3.50. The van der Waals surface area contributed by atoms with Crippen molar-refractivity contribution >= 4 is 35.5 Å². The minimum absolute atomic E-state index is 0.0365. The summed E-state index contributed by atoms with van der Waals surface area (Å²) in [5, 5.41) is 35.9. The van der Waals surface area contributed by atoms with Crippen molar-refractivity contribution in [3.63, 3.8) is 0 Å². The number of nitrogens with one attached hydrogen (secondary N) is 3. The highest BCUT2D eigenvalue weighted by atomic mass is 32.2. The molecule has 0 bridgehead atoms. The van der Waals surface area contributed by atoms with E-state index in [9.17, 15) is 34.5 Å². The predicted molar refractivity (Wildman–Crippen MR) is 144 cm³/mol. The largest absolute Gasteiger partial charge is 0.508 e. The number of hydrogen-bond donors (Lipinski definition) is 7. The smallest absolute Gasteiger partial charge is 0.326 e. The average Bonchev–Trinajstić information content (AvgIpc) is 2.88. The molecule has 3 amide bonds. The number of benzene rings is 2. The van der Waals surface area contributed by atoms with Gasteiger partial charge in [0.05, 0.1) is 6.04 Å². The number of carbonyl (C=O) groups is 4. The van der Waals surface area contributed by atoms with Crippen molar-refractivity contribution in [2.24, 2.45) is 5.73 Å². The molecule has 0 aliphatic heterocycles. The molecule has 4 atom stereocenters. The zero-order valence-electron chi connectivity index (χ0n) is 21.2. The number of phenolic OH excluding ortho intramolecular Hbond substituents is 2. The number of carbonyl (C=O) groups excluding carboxylic acids is 3. The summed E-state index contributed by atoms with van der Waals surface area (Å²) in [6, 6.07) is 8.01. The Kier molecular flexibility index (Phi) is 11.9. The average molecular weight is 547 g/mol. The van der Waals surface area contributed by atoms with Crippen LogP contribution in [-0.4, -0.2) is 75.2 Å². The van der Waals surface area contributed by atoms with Crippen LogP contribution in [0.3, 0.4) is 0 Å². The molecule has 0 saturated carbocycles. The van der Waals surface area contributed by atoms with Crippen LogP contribution in [0.15, 0.2) is 48.5 Å². The molecule has 4 unspecified atom stereocenters. The first kappa shape index (κ1) is 30.5. The second kappa shape index (κ2) is 14.8. The number of thioether (sulfide) groups is 1. The molecule has 38 heavy (non-hydrogen) atoms. The molecule has 0 heterocycles. The van der Waals surface area contributed by atoms with Gasteiger partial charge in [0.15, 0.2) is 0 Å². The van der Waals surface area contributed by atoms with E-state index in [1.54, 1.807) is 24.3 Å². The van der Waals surface area contributed by atoms with E-state index in [-0.39, 0.29) is 30.8 Å². The maximum absolute atomic E-state index is 13.1. The van der Waals surface area contributed by atoms with Gasteiger partial charge in [-0.15, -0.1) is 0 Å². The monoisotopic (exact) mass is 546 g/mol. The molecule has 206 valence electrons. The topological polar surface area (TPSA) is 191 Å². The number of aliphatic carboxylic acids is 1. The van der Waals surface area contributed by atoms with E-state index in [2.05, 4.69) is 16.0 Å². The van der Waals surface area contributed by atoms with Gasteiger partial charge in [0.25, 0.3) is 0 Å². The van der Waals surface area contributed by atoms with Gasteiger partial charge in [-0.05, 0) is 67.2 Å². The number of amides is 3. The minimum Gasteiger partial charge on any atom is -0.508 e. The zero-order chi connectivity index (χ0) is 28.2. The summed E-state index contributed by atoms with van der Waals surface area (Å²) in [6.45, 7) is 1.41. The van der Waals surface area contributed by atoms with E-state index in [1.165, 1.54) is 43.0 Å². The molecule has 0 radical (unpaired) electrons. The van der Waals surface area contributed by atoms with Gasteiger partial charge in [-0.2, -0.15) is 11.8 Å². The summed E-state index contributed by atoms with van der Waals surface area (Å²) in [4.78, 5) is 50.0. The second-order valence-electron chi connectivity index (χ2n) is 8.82. The van der Waals surface area contributed by atoms with Crippen LogP contribution in [0.1, 0.15) is 24.5 Å². The summed E-state index contributed by atoms with van der Waals surface area (Å²) in [5.74, 6) is -2.47. The number of aromatic hydroxyl groups is 2. The molecule has 0 saturated heterocycles. The summed E-state index contributed by atoms with van der Waals surface area (Å²) in [6.07, 6.45) is 2.25. The summed E-state index contributed by atoms with van der Waals surface area (Å²) >= 11 is 1.45. The van der Waals surface area contributed by atoms with Gasteiger partial charge in [0.1, 0.15) is 29.6 Å². The van der Waals surface area contributed by atoms with Gasteiger partial charge < -0.3 is 37.0 Å². The lowest BCUT2D eigenvalue weighted by Gasteiger charge is -2.24. The normalized spacial score (nSPS) is 14.0. The summed E-state index contributed by atoms with van der Waals surface area (Å²) in [5.41, 5.74) is 7.41. The highest BCUT2D eigenvalue weighted by Gasteiger charge is 2.28. The van der Waals surface area contributed by atoms with E-state index in [0.29, 0.717) is 16.9 Å². The number of carboxylic acid groups (broad SMARTS) is 1. The highest BCUT2D eigenvalue weighted by molar-refractivity contribution is 7.98. The third-order valence-electron chi connectivity index (χ3n) is 5.72. The Hall–Kier alpha value is -3.77. The van der Waals surface area contributed by atoms with Crippen LogP contribution in [0, 0.1) is 0 Å². The lowest BCUT2D eigenvalue weighted by atomic mass is 10.0. The van der Waals surface area contributed by atoms with Crippen LogP contribution < -0.4 is 21.7 Å². The van der Waals surface area contributed by atoms with E-state index in [0.717, 1.165) is 0 Å². The van der Waals surface area contributed by atoms with Crippen LogP contribution in [0.4, 0.5) is 0 Å². The first-order chi connectivity index (χ1) is 18.0. The van der Waals surface area contributed by atoms with Crippen molar-refractivity contribution < 1.29 is 34.5 Å². The summed E-state index contributed by atoms with van der Waals surface area (Å²) in [7, 11) is 0. The van der Waals surface area contributed by atoms with E-state index >= 15 is 0 Å². The first-order valence-corrected chi connectivity index (χ1v) is 13.3. The molecule has 11 nitrogen and oxygen atoms in total. The Morgan fingerprint density at radius 3 is 1.79 bits per heavy atom. The van der Waals surface area contributed by atoms with Gasteiger partial charge in [0, 0.05) is 6.42 Å². The quantitative estimate of drug-likeness (QED) is 0.177. The van der Waals surface area contributed by atoms with Crippen molar-refractivity contribution in [2.45, 2.75) is 50.4 Å². The Morgan fingerprint density at radius 2 is 1.29 bits per heavy atom. The maximum Gasteiger partial charge on any atom is 0.326 e. The molecule has 12 heteroatoms. The van der Waals surface area contributed by atoms with Crippen molar-refractivity contribution in [1.82, 2.24) is 16.0 Å². The fraction of sp³-hybridized carbons (Fsp3) is 0.385. The molecule has 8 N–H and O–H groups in total. The van der Waals surface area contributed by atoms with Crippen LogP contribution in [0.25, 0.3) is 0 Å². The lowest BCUT2D eigenvalue weighted by molar-refractivity contribution is -0.142. The molecule has 2 rings (SSSR count). The standard InChI is InChI=1S/C26H34N4O7S/c1-15(23(33)29-21(26(36)37)11-12-38-2)28-25(35)22(14-17-5-9-19(32)10-6-17)30-24(34)20(27)13-16-3-7-18(31)8-4-16/h3-10,15,20-22,31-32H,11-14,27H2,1-2H3,(H,28,35)(H,29,33)(H,30,34)(H,36,37). The van der Waals surface area contributed by atoms with Crippen molar-refractivity contribution in [1.29, 1.82) is 0 Å². The first-order valence-electron chi connectivity index (χ1n) is 11.9. The fourth-order valence-corrected chi connectivity index (χ4v) is 3.98. The molecule has 2 aromatic carbocycles. The molecular formula is C26H34N4O7S. The number of phenols is 2. The molecule has 0 aliphatic rings. The Bertz CT molecular complexity index is 1100. The Balaban J connectivity index is 2.10.